The third-order valence-electron chi connectivity index (χ3n) is 7.52. The first-order chi connectivity index (χ1) is 16.5. The van der Waals surface area contributed by atoms with Crippen LogP contribution in [0.25, 0.3) is 10.9 Å². The summed E-state index contributed by atoms with van der Waals surface area (Å²) in [6.45, 7) is 4.71. The Morgan fingerprint density at radius 2 is 2.06 bits per heavy atom. The van der Waals surface area contributed by atoms with Crippen molar-refractivity contribution in [2.45, 2.75) is 44.7 Å². The molecule has 0 saturated carbocycles. The highest BCUT2D eigenvalue weighted by Crippen LogP contribution is 2.28. The summed E-state index contributed by atoms with van der Waals surface area (Å²) in [6, 6.07) is 8.24. The number of nitrogens with zero attached hydrogens (tertiary/aromatic N) is 6. The standard InChI is InChI=1S/C26H32N7O/c1-17-15-33-24(28-25(17)31-12-9-20(27)16-31)14-21(29-33)22-5-3-4-10-32(22)26(34)19-7-6-18-8-11-30(2)23(18)13-19/h6-8,11,13-15,17,20,22H,3-5,9-10,12,16,27H2,1-2H3/q+1/t17?,20-,22-/m0/s1. The van der Waals surface area contributed by atoms with Crippen LogP contribution in [0.5, 0.6) is 0 Å². The molecule has 34 heavy (non-hydrogen) atoms. The van der Waals surface area contributed by atoms with Crippen molar-refractivity contribution in [2.24, 2.45) is 28.8 Å². The number of carbonyl (C=O) groups is 1. The molecule has 0 radical (unpaired) electrons. The number of nitrogens with two attached hydrogens (primary N) is 1. The fraction of sp³-hybridized carbons (Fsp3) is 0.462. The van der Waals surface area contributed by atoms with E-state index in [2.05, 4.69) is 34.7 Å². The Morgan fingerprint density at radius 3 is 2.88 bits per heavy atom. The number of aromatic nitrogens is 1. The Bertz CT molecular complexity index is 1280. The van der Waals surface area contributed by atoms with Crippen LogP contribution >= 0.6 is 0 Å². The van der Waals surface area contributed by atoms with Gasteiger partial charge in [0, 0.05) is 50.0 Å². The normalized spacial score (nSPS) is 26.9. The molecule has 3 atom stereocenters. The minimum atomic E-state index is -0.0361. The molecule has 2 fully saturated rings. The molecular formula is C26H32N7O+. The number of piperidine rings is 1. The van der Waals surface area contributed by atoms with Gasteiger partial charge in [-0.1, -0.05) is 11.2 Å². The lowest BCUT2D eigenvalue weighted by molar-refractivity contribution is -0.477. The van der Waals surface area contributed by atoms with E-state index in [-0.39, 0.29) is 23.9 Å². The largest absolute Gasteiger partial charge is 0.351 e. The van der Waals surface area contributed by atoms with Crippen LogP contribution in [0.1, 0.15) is 43.0 Å². The first-order valence-corrected chi connectivity index (χ1v) is 12.4. The van der Waals surface area contributed by atoms with Crippen LogP contribution in [0.4, 0.5) is 0 Å². The predicted molar refractivity (Wildman–Crippen MR) is 134 cm³/mol. The molecule has 1 amide bonds. The van der Waals surface area contributed by atoms with Gasteiger partial charge in [0.1, 0.15) is 11.9 Å². The number of amides is 1. The minimum Gasteiger partial charge on any atom is -0.351 e. The first-order valence-electron chi connectivity index (χ1n) is 12.4. The third kappa shape index (κ3) is 3.57. The molecule has 8 nitrogen and oxygen atoms in total. The van der Waals surface area contributed by atoms with E-state index in [4.69, 9.17) is 15.8 Å². The smallest absolute Gasteiger partial charge is 0.351 e. The number of aliphatic imine (C=N–C) groups is 1. The summed E-state index contributed by atoms with van der Waals surface area (Å²) in [5.74, 6) is 2.16. The quantitative estimate of drug-likeness (QED) is 0.702. The molecule has 0 spiro atoms. The van der Waals surface area contributed by atoms with Gasteiger partial charge < -0.3 is 20.1 Å². The maximum Gasteiger partial charge on any atom is 0.351 e. The van der Waals surface area contributed by atoms with Crippen molar-refractivity contribution in [3.05, 3.63) is 47.9 Å². The zero-order valence-corrected chi connectivity index (χ0v) is 19.9. The monoisotopic (exact) mass is 458 g/mol. The molecule has 1 unspecified atom stereocenters. The zero-order chi connectivity index (χ0) is 23.4. The number of hydrogen-bond acceptors (Lipinski definition) is 5. The molecule has 6 rings (SSSR count). The molecule has 2 N–H and O–H groups in total. The van der Waals surface area contributed by atoms with Crippen LogP contribution in [0.15, 0.2) is 52.5 Å². The average Bonchev–Trinajstić information content (AvgIpc) is 3.56. The Balaban J connectivity index is 1.28. The first kappa shape index (κ1) is 21.3. The number of hydrogen-bond donors (Lipinski definition) is 1. The Labute approximate surface area is 199 Å². The maximum atomic E-state index is 13.6. The zero-order valence-electron chi connectivity index (χ0n) is 19.9. The molecule has 2 saturated heterocycles. The van der Waals surface area contributed by atoms with Crippen molar-refractivity contribution in [2.75, 3.05) is 19.6 Å². The lowest BCUT2D eigenvalue weighted by atomic mass is 9.96. The van der Waals surface area contributed by atoms with Gasteiger partial charge in [-0.2, -0.15) is 0 Å². The van der Waals surface area contributed by atoms with Crippen LogP contribution < -0.4 is 5.73 Å². The Kier molecular flexibility index (Phi) is 5.13. The SMILES string of the molecule is CC1C=[N+]2N=C([C@@H]3CCCCN3C(=O)c3ccc4ccn(C)c4c3)C=C2N=C1N1CC[C@H](N)C1. The van der Waals surface area contributed by atoms with Gasteiger partial charge in [-0.25, -0.2) is 0 Å². The van der Waals surface area contributed by atoms with Crippen molar-refractivity contribution < 1.29 is 9.48 Å². The van der Waals surface area contributed by atoms with Crippen molar-refractivity contribution in [1.29, 1.82) is 0 Å². The van der Waals surface area contributed by atoms with Gasteiger partial charge >= 0.3 is 5.82 Å². The van der Waals surface area contributed by atoms with Gasteiger partial charge in [0.05, 0.1) is 18.0 Å². The van der Waals surface area contributed by atoms with Crippen LogP contribution in [0.2, 0.25) is 0 Å². The summed E-state index contributed by atoms with van der Waals surface area (Å²) in [4.78, 5) is 22.9. The van der Waals surface area contributed by atoms with Crippen molar-refractivity contribution in [3.63, 3.8) is 0 Å². The molecule has 4 aliphatic heterocycles. The van der Waals surface area contributed by atoms with Gasteiger partial charge in [0.15, 0.2) is 0 Å². The molecule has 5 heterocycles. The Morgan fingerprint density at radius 1 is 1.18 bits per heavy atom. The van der Waals surface area contributed by atoms with E-state index in [9.17, 15) is 4.79 Å². The highest BCUT2D eigenvalue weighted by atomic mass is 16.2. The summed E-state index contributed by atoms with van der Waals surface area (Å²) in [6.07, 6.45) is 10.3. The fourth-order valence-corrected chi connectivity index (χ4v) is 5.65. The summed E-state index contributed by atoms with van der Waals surface area (Å²) < 4.78 is 3.95. The molecule has 0 aliphatic carbocycles. The number of fused-ring (bicyclic) bond motifs is 2. The van der Waals surface area contributed by atoms with Crippen LogP contribution in [-0.2, 0) is 7.05 Å². The summed E-state index contributed by atoms with van der Waals surface area (Å²) >= 11 is 0. The van der Waals surface area contributed by atoms with Gasteiger partial charge in [-0.15, -0.1) is 4.68 Å². The number of rotatable bonds is 2. The molecule has 176 valence electrons. The second-order valence-corrected chi connectivity index (χ2v) is 9.98. The van der Waals surface area contributed by atoms with Crippen molar-refractivity contribution >= 4 is 34.6 Å². The predicted octanol–water partition coefficient (Wildman–Crippen LogP) is 2.55. The second kappa shape index (κ2) is 8.20. The fourth-order valence-electron chi connectivity index (χ4n) is 5.65. The highest BCUT2D eigenvalue weighted by molar-refractivity contribution is 6.06. The summed E-state index contributed by atoms with van der Waals surface area (Å²) in [7, 11) is 2.01. The molecule has 8 heteroatoms. The minimum absolute atomic E-state index is 0.0361. The molecule has 1 aromatic carbocycles. The molecule has 2 aromatic rings. The number of carbonyl (C=O) groups excluding carboxylic acids is 1. The van der Waals surface area contributed by atoms with Gasteiger partial charge in [0.2, 0.25) is 5.84 Å². The van der Waals surface area contributed by atoms with E-state index in [0.717, 1.165) is 79.2 Å². The number of hydrazone groups is 1. The van der Waals surface area contributed by atoms with E-state index in [0.29, 0.717) is 0 Å². The second-order valence-electron chi connectivity index (χ2n) is 9.98. The van der Waals surface area contributed by atoms with Crippen LogP contribution in [0, 0.1) is 5.92 Å². The van der Waals surface area contributed by atoms with Crippen molar-refractivity contribution in [1.82, 2.24) is 14.4 Å². The topological polar surface area (TPSA) is 82.2 Å². The molecule has 0 bridgehead atoms. The van der Waals surface area contributed by atoms with Gasteiger partial charge in [-0.3, -0.25) is 4.79 Å². The van der Waals surface area contributed by atoms with Crippen molar-refractivity contribution in [3.8, 4) is 0 Å². The third-order valence-corrected chi connectivity index (χ3v) is 7.52. The number of aryl methyl sites for hydroxylation is 1. The number of likely N-dealkylation sites (tertiary alicyclic amines) is 2. The summed E-state index contributed by atoms with van der Waals surface area (Å²) in [5.41, 5.74) is 8.87. The lowest BCUT2D eigenvalue weighted by Crippen LogP contribution is -2.47. The van der Waals surface area contributed by atoms with Gasteiger partial charge in [-0.05, 0) is 61.2 Å². The lowest BCUT2D eigenvalue weighted by Gasteiger charge is -2.35. The molecule has 1 aromatic heterocycles. The summed E-state index contributed by atoms with van der Waals surface area (Å²) in [5, 5.41) is 6.04. The highest BCUT2D eigenvalue weighted by Gasteiger charge is 2.39. The van der Waals surface area contributed by atoms with Crippen LogP contribution in [-0.4, -0.2) is 74.4 Å². The van der Waals surface area contributed by atoms with Gasteiger partial charge in [0.25, 0.3) is 5.91 Å². The number of benzene rings is 1. The maximum absolute atomic E-state index is 13.6. The van der Waals surface area contributed by atoms with E-state index >= 15 is 0 Å². The Hall–Kier alpha value is -3.26. The number of amidine groups is 1. The average molecular weight is 459 g/mol. The van der Waals surface area contributed by atoms with E-state index in [1.807, 2.05) is 41.0 Å². The van der Waals surface area contributed by atoms with E-state index in [1.54, 1.807) is 0 Å². The van der Waals surface area contributed by atoms with E-state index in [1.165, 1.54) is 0 Å². The molecule has 4 aliphatic rings. The molecular weight excluding hydrogens is 426 g/mol. The van der Waals surface area contributed by atoms with Crippen LogP contribution in [0.3, 0.4) is 0 Å². The van der Waals surface area contributed by atoms with E-state index < -0.39 is 0 Å².